The second-order valence-corrected chi connectivity index (χ2v) is 10.2. The van der Waals surface area contributed by atoms with Crippen LogP contribution in [0.4, 0.5) is 4.79 Å². The van der Waals surface area contributed by atoms with E-state index in [2.05, 4.69) is 25.4 Å². The number of aromatic hydroxyl groups is 1. The predicted molar refractivity (Wildman–Crippen MR) is 152 cm³/mol. The molecule has 0 bridgehead atoms. The highest BCUT2D eigenvalue weighted by Crippen LogP contribution is 2.28. The summed E-state index contributed by atoms with van der Waals surface area (Å²) in [5, 5.41) is 10.1. The lowest BCUT2D eigenvalue weighted by Gasteiger charge is -2.33. The molecule has 0 aliphatic heterocycles. The lowest BCUT2D eigenvalue weighted by molar-refractivity contribution is -0.128. The van der Waals surface area contributed by atoms with Gasteiger partial charge < -0.3 is 24.6 Å². The summed E-state index contributed by atoms with van der Waals surface area (Å²) < 4.78 is 6.30. The molecule has 3 aromatic rings. The summed E-state index contributed by atoms with van der Waals surface area (Å²) in [5.41, 5.74) is 2.13. The molecule has 0 aliphatic rings. The molecular formula is C29H37N3O5S. The van der Waals surface area contributed by atoms with Crippen LogP contribution in [0.1, 0.15) is 50.7 Å². The van der Waals surface area contributed by atoms with E-state index >= 15 is 0 Å². The fourth-order valence-corrected chi connectivity index (χ4v) is 5.47. The van der Waals surface area contributed by atoms with Crippen LogP contribution in [0.2, 0.25) is 0 Å². The van der Waals surface area contributed by atoms with Gasteiger partial charge in [-0.15, -0.1) is 0 Å². The zero-order chi connectivity index (χ0) is 27.5. The van der Waals surface area contributed by atoms with Crippen LogP contribution in [0.25, 0.3) is 10.2 Å². The SMILES string of the molecule is C=CC(=O)N(CCN(CCc1ccc(O)c2[nH]c(=O)sc12)C(=O)OCc1ccccc1)C(CCC)CCC. The van der Waals surface area contributed by atoms with Crippen molar-refractivity contribution in [1.29, 1.82) is 0 Å². The molecule has 0 saturated heterocycles. The highest BCUT2D eigenvalue weighted by molar-refractivity contribution is 7.16. The molecule has 1 aromatic heterocycles. The third-order valence-electron chi connectivity index (χ3n) is 6.51. The van der Waals surface area contributed by atoms with Crippen molar-refractivity contribution in [2.24, 2.45) is 0 Å². The summed E-state index contributed by atoms with van der Waals surface area (Å²) in [4.78, 5) is 43.7. The third kappa shape index (κ3) is 7.71. The van der Waals surface area contributed by atoms with Gasteiger partial charge in [-0.2, -0.15) is 0 Å². The molecule has 0 aliphatic carbocycles. The lowest BCUT2D eigenvalue weighted by Crippen LogP contribution is -2.46. The van der Waals surface area contributed by atoms with E-state index < -0.39 is 6.09 Å². The van der Waals surface area contributed by atoms with E-state index in [1.54, 1.807) is 17.0 Å². The summed E-state index contributed by atoms with van der Waals surface area (Å²) in [7, 11) is 0. The summed E-state index contributed by atoms with van der Waals surface area (Å²) in [6.45, 7) is 8.99. The van der Waals surface area contributed by atoms with Crippen LogP contribution < -0.4 is 4.87 Å². The molecule has 0 spiro atoms. The van der Waals surface area contributed by atoms with Gasteiger partial charge in [-0.05, 0) is 42.5 Å². The molecule has 0 fully saturated rings. The van der Waals surface area contributed by atoms with Gasteiger partial charge in [-0.3, -0.25) is 9.59 Å². The van der Waals surface area contributed by atoms with E-state index in [0.717, 1.165) is 48.1 Å². The van der Waals surface area contributed by atoms with Gasteiger partial charge in [0.15, 0.2) is 0 Å². The number of fused-ring (bicyclic) bond motifs is 1. The Kier molecular flexibility index (Phi) is 11.0. The number of aromatic nitrogens is 1. The summed E-state index contributed by atoms with van der Waals surface area (Å²) >= 11 is 1.03. The zero-order valence-electron chi connectivity index (χ0n) is 22.2. The molecule has 0 radical (unpaired) electrons. The van der Waals surface area contributed by atoms with E-state index in [4.69, 9.17) is 4.74 Å². The fourth-order valence-electron chi connectivity index (χ4n) is 4.57. The topological polar surface area (TPSA) is 103 Å². The fraction of sp³-hybridized carbons (Fsp3) is 0.414. The van der Waals surface area contributed by atoms with E-state index in [1.165, 1.54) is 6.08 Å². The second kappa shape index (κ2) is 14.4. The number of phenolic OH excluding ortho intramolecular Hbond substituents is 1. The molecule has 0 atom stereocenters. The minimum Gasteiger partial charge on any atom is -0.506 e. The number of thiazole rings is 1. The van der Waals surface area contributed by atoms with Crippen LogP contribution in [-0.2, 0) is 22.6 Å². The first-order valence-electron chi connectivity index (χ1n) is 13.1. The van der Waals surface area contributed by atoms with E-state index in [1.807, 2.05) is 35.2 Å². The molecule has 9 heteroatoms. The van der Waals surface area contributed by atoms with E-state index in [9.17, 15) is 19.5 Å². The highest BCUT2D eigenvalue weighted by Gasteiger charge is 2.24. The molecule has 2 amide bonds. The summed E-state index contributed by atoms with van der Waals surface area (Å²) in [5.74, 6) is -0.135. The van der Waals surface area contributed by atoms with Gasteiger partial charge in [0.05, 0.1) is 4.70 Å². The van der Waals surface area contributed by atoms with Crippen molar-refractivity contribution in [3.63, 3.8) is 0 Å². The number of amides is 2. The summed E-state index contributed by atoms with van der Waals surface area (Å²) in [6, 6.07) is 12.8. The Morgan fingerprint density at radius 1 is 1.08 bits per heavy atom. The van der Waals surface area contributed by atoms with Gasteiger partial charge in [0, 0.05) is 25.7 Å². The normalized spacial score (nSPS) is 11.0. The van der Waals surface area contributed by atoms with Crippen LogP contribution in [0.3, 0.4) is 0 Å². The quantitative estimate of drug-likeness (QED) is 0.265. The average Bonchev–Trinajstić information content (AvgIpc) is 3.33. The molecule has 0 unspecified atom stereocenters. The molecule has 204 valence electrons. The number of H-pyrrole nitrogens is 1. The predicted octanol–water partition coefficient (Wildman–Crippen LogP) is 5.46. The van der Waals surface area contributed by atoms with Crippen molar-refractivity contribution < 1.29 is 19.4 Å². The monoisotopic (exact) mass is 539 g/mol. The zero-order valence-corrected chi connectivity index (χ0v) is 23.0. The molecule has 0 saturated carbocycles. The number of hydrogen-bond donors (Lipinski definition) is 2. The Morgan fingerprint density at radius 2 is 1.79 bits per heavy atom. The van der Waals surface area contributed by atoms with Crippen LogP contribution in [0.5, 0.6) is 5.75 Å². The van der Waals surface area contributed by atoms with Crippen molar-refractivity contribution in [2.75, 3.05) is 19.6 Å². The van der Waals surface area contributed by atoms with Gasteiger partial charge in [0.2, 0.25) is 5.91 Å². The molecule has 2 aromatic carbocycles. The third-order valence-corrected chi connectivity index (χ3v) is 7.46. The first-order chi connectivity index (χ1) is 18.4. The van der Waals surface area contributed by atoms with Gasteiger partial charge in [0.25, 0.3) is 0 Å². The first-order valence-corrected chi connectivity index (χ1v) is 13.9. The smallest absolute Gasteiger partial charge is 0.410 e. The Hall–Kier alpha value is -3.59. The second-order valence-electron chi connectivity index (χ2n) is 9.21. The number of rotatable bonds is 14. The van der Waals surface area contributed by atoms with Crippen LogP contribution in [-0.4, -0.2) is 57.6 Å². The molecular weight excluding hydrogens is 502 g/mol. The van der Waals surface area contributed by atoms with Gasteiger partial charge in [-0.25, -0.2) is 4.79 Å². The maximum absolute atomic E-state index is 13.2. The number of carbonyl (C=O) groups excluding carboxylic acids is 2. The number of nitrogens with one attached hydrogen (secondary N) is 1. The lowest BCUT2D eigenvalue weighted by atomic mass is 10.0. The van der Waals surface area contributed by atoms with Crippen molar-refractivity contribution in [3.8, 4) is 5.75 Å². The largest absolute Gasteiger partial charge is 0.506 e. The average molecular weight is 540 g/mol. The molecule has 38 heavy (non-hydrogen) atoms. The van der Waals surface area contributed by atoms with Gasteiger partial charge in [0.1, 0.15) is 17.9 Å². The van der Waals surface area contributed by atoms with Crippen LogP contribution >= 0.6 is 11.3 Å². The molecule has 8 nitrogen and oxygen atoms in total. The Bertz CT molecular complexity index is 1260. The number of aromatic amines is 1. The van der Waals surface area contributed by atoms with Crippen molar-refractivity contribution >= 4 is 33.6 Å². The standard InChI is InChI=1S/C29H37N3O5S/c1-4-10-23(11-5-2)32(25(34)6-3)19-18-31(29(36)37-20-21-12-8-7-9-13-21)17-16-22-14-15-24(33)26-27(22)38-28(35)30-26/h6-9,12-15,23,33H,3-5,10-11,16-20H2,1-2H3,(H,30,35). The highest BCUT2D eigenvalue weighted by atomic mass is 32.1. The number of benzene rings is 2. The molecule has 3 rings (SSSR count). The molecule has 2 N–H and O–H groups in total. The Labute approximate surface area is 227 Å². The van der Waals surface area contributed by atoms with E-state index in [-0.39, 0.29) is 29.2 Å². The van der Waals surface area contributed by atoms with Crippen LogP contribution in [0.15, 0.2) is 59.9 Å². The van der Waals surface area contributed by atoms with E-state index in [0.29, 0.717) is 36.3 Å². The van der Waals surface area contributed by atoms with Crippen molar-refractivity contribution in [2.45, 2.75) is 58.6 Å². The van der Waals surface area contributed by atoms with Gasteiger partial charge in [-0.1, -0.05) is 81.0 Å². The number of hydrogen-bond acceptors (Lipinski definition) is 6. The Balaban J connectivity index is 1.79. The Morgan fingerprint density at radius 3 is 2.45 bits per heavy atom. The van der Waals surface area contributed by atoms with Crippen LogP contribution in [0, 0.1) is 0 Å². The van der Waals surface area contributed by atoms with Crippen molar-refractivity contribution in [3.05, 3.63) is 75.9 Å². The minimum atomic E-state index is -0.473. The number of carbonyl (C=O) groups is 2. The maximum Gasteiger partial charge on any atom is 0.410 e. The van der Waals surface area contributed by atoms with Gasteiger partial charge >= 0.3 is 11.0 Å². The number of phenols is 1. The summed E-state index contributed by atoms with van der Waals surface area (Å²) in [6.07, 6.45) is 4.97. The minimum absolute atomic E-state index is 0.0118. The number of ether oxygens (including phenoxy) is 1. The van der Waals surface area contributed by atoms with Crippen molar-refractivity contribution in [1.82, 2.24) is 14.8 Å². The number of nitrogens with zero attached hydrogens (tertiary/aromatic N) is 2. The maximum atomic E-state index is 13.2. The first kappa shape index (κ1) is 29.0. The molecule has 1 heterocycles.